The maximum Gasteiger partial charge on any atom is 0.261 e. The zero-order valence-electron chi connectivity index (χ0n) is 15.0. The van der Waals surface area contributed by atoms with Crippen LogP contribution in [0.4, 0.5) is 0 Å². The van der Waals surface area contributed by atoms with E-state index < -0.39 is 8.32 Å². The molecule has 2 atom stereocenters. The van der Waals surface area contributed by atoms with E-state index >= 15 is 0 Å². The molecule has 2 aromatic rings. The van der Waals surface area contributed by atoms with Crippen molar-refractivity contribution in [2.75, 3.05) is 12.4 Å². The Bertz CT molecular complexity index is 634. The highest BCUT2D eigenvalue weighted by molar-refractivity contribution is 8.20. The van der Waals surface area contributed by atoms with Crippen molar-refractivity contribution >= 4 is 42.2 Å². The van der Waals surface area contributed by atoms with Gasteiger partial charge in [0.25, 0.3) is 8.32 Å². The highest BCUT2D eigenvalue weighted by Crippen LogP contribution is 2.40. The lowest BCUT2D eigenvalue weighted by Gasteiger charge is -2.43. The monoisotopic (exact) mass is 390 g/mol. The number of aliphatic hydroxyl groups excluding tert-OH is 1. The van der Waals surface area contributed by atoms with Crippen LogP contribution in [0.3, 0.4) is 0 Å². The van der Waals surface area contributed by atoms with Gasteiger partial charge in [0.2, 0.25) is 0 Å². The van der Waals surface area contributed by atoms with Crippen LogP contribution in [-0.4, -0.2) is 35.8 Å². The molecular formula is C20H26O2S2Si. The van der Waals surface area contributed by atoms with Gasteiger partial charge in [0, 0.05) is 5.75 Å². The first-order chi connectivity index (χ1) is 11.9. The third kappa shape index (κ3) is 4.01. The second-order valence-corrected chi connectivity index (χ2v) is 14.6. The smallest absolute Gasteiger partial charge is 0.261 e. The second-order valence-electron chi connectivity index (χ2n) is 7.33. The Kier molecular flexibility index (Phi) is 6.01. The maximum absolute atomic E-state index is 9.82. The molecule has 2 nitrogen and oxygen atoms in total. The summed E-state index contributed by atoms with van der Waals surface area (Å²) in [6.07, 6.45) is 0. The SMILES string of the molecule is CC(C)(C)[Si](OC[C@H]1SC[C@@H](O)S1)(c1ccccc1)c1ccccc1. The number of thioether (sulfide) groups is 2. The summed E-state index contributed by atoms with van der Waals surface area (Å²) in [5, 5.41) is 12.4. The third-order valence-corrected chi connectivity index (χ3v) is 12.5. The van der Waals surface area contributed by atoms with Gasteiger partial charge in [-0.05, 0) is 15.4 Å². The van der Waals surface area contributed by atoms with E-state index in [-0.39, 0.29) is 10.5 Å². The molecule has 2 aromatic carbocycles. The summed E-state index contributed by atoms with van der Waals surface area (Å²) in [5.74, 6) is 0.791. The van der Waals surface area contributed by atoms with Crippen molar-refractivity contribution in [2.24, 2.45) is 0 Å². The van der Waals surface area contributed by atoms with Gasteiger partial charge < -0.3 is 9.53 Å². The Balaban J connectivity index is 2.02. The van der Waals surface area contributed by atoms with E-state index in [9.17, 15) is 5.11 Å². The van der Waals surface area contributed by atoms with Gasteiger partial charge in [0.05, 0.1) is 11.2 Å². The molecule has 1 heterocycles. The highest BCUT2D eigenvalue weighted by atomic mass is 32.2. The Labute approximate surface area is 160 Å². The van der Waals surface area contributed by atoms with Gasteiger partial charge >= 0.3 is 0 Å². The molecule has 0 unspecified atom stereocenters. The minimum atomic E-state index is -2.45. The molecule has 1 saturated heterocycles. The zero-order valence-corrected chi connectivity index (χ0v) is 17.6. The van der Waals surface area contributed by atoms with E-state index in [1.165, 1.54) is 10.4 Å². The standard InChI is InChI=1S/C20H26O2S2Si/c1-20(2,3)25(16-10-6-4-7-11-16,17-12-8-5-9-13-17)22-14-19-23-15-18(21)24-19/h4-13,18-19,21H,14-15H2,1-3H3/t18-,19-/m0/s1. The first-order valence-electron chi connectivity index (χ1n) is 8.63. The predicted molar refractivity (Wildman–Crippen MR) is 113 cm³/mol. The Morgan fingerprint density at radius 1 is 1.00 bits per heavy atom. The van der Waals surface area contributed by atoms with E-state index in [0.717, 1.165) is 5.75 Å². The minimum Gasteiger partial charge on any atom is -0.405 e. The van der Waals surface area contributed by atoms with Crippen molar-refractivity contribution in [3.05, 3.63) is 60.7 Å². The van der Waals surface area contributed by atoms with E-state index in [4.69, 9.17) is 4.43 Å². The van der Waals surface area contributed by atoms with Gasteiger partial charge in [-0.15, -0.1) is 23.5 Å². The maximum atomic E-state index is 9.82. The molecule has 0 amide bonds. The van der Waals surface area contributed by atoms with Gasteiger partial charge in [-0.2, -0.15) is 0 Å². The van der Waals surface area contributed by atoms with E-state index in [2.05, 4.69) is 81.4 Å². The summed E-state index contributed by atoms with van der Waals surface area (Å²) >= 11 is 3.43. The molecule has 1 fully saturated rings. The van der Waals surface area contributed by atoms with Crippen LogP contribution in [0.25, 0.3) is 0 Å². The molecule has 25 heavy (non-hydrogen) atoms. The molecule has 0 saturated carbocycles. The normalized spacial score (nSPS) is 21.4. The van der Waals surface area contributed by atoms with Crippen LogP contribution < -0.4 is 10.4 Å². The summed E-state index contributed by atoms with van der Waals surface area (Å²) in [4.78, 5) is 0. The molecule has 0 aromatic heterocycles. The molecule has 0 spiro atoms. The quantitative estimate of drug-likeness (QED) is 0.789. The Hall–Kier alpha value is -0.723. The van der Waals surface area contributed by atoms with Gasteiger partial charge in [-0.25, -0.2) is 0 Å². The average Bonchev–Trinajstić information content (AvgIpc) is 3.02. The van der Waals surface area contributed by atoms with Crippen molar-refractivity contribution in [1.29, 1.82) is 0 Å². The lowest BCUT2D eigenvalue weighted by molar-refractivity contribution is 0.288. The van der Waals surface area contributed by atoms with Gasteiger partial charge in [0.1, 0.15) is 5.44 Å². The molecule has 134 valence electrons. The molecule has 0 radical (unpaired) electrons. The minimum absolute atomic E-state index is 0.00224. The van der Waals surface area contributed by atoms with Crippen molar-refractivity contribution < 1.29 is 9.53 Å². The highest BCUT2D eigenvalue weighted by Gasteiger charge is 2.50. The lowest BCUT2D eigenvalue weighted by atomic mass is 10.2. The number of rotatable bonds is 5. The number of aliphatic hydroxyl groups is 1. The summed E-state index contributed by atoms with van der Waals surface area (Å²) in [7, 11) is -2.45. The average molecular weight is 391 g/mol. The van der Waals surface area contributed by atoms with Crippen LogP contribution in [0.2, 0.25) is 5.04 Å². The topological polar surface area (TPSA) is 29.5 Å². The molecule has 3 rings (SSSR count). The van der Waals surface area contributed by atoms with Gasteiger partial charge in [-0.3, -0.25) is 0 Å². The van der Waals surface area contributed by atoms with Gasteiger partial charge in [-0.1, -0.05) is 81.4 Å². The van der Waals surface area contributed by atoms with Gasteiger partial charge in [0.15, 0.2) is 0 Å². The van der Waals surface area contributed by atoms with Crippen LogP contribution in [0.15, 0.2) is 60.7 Å². The van der Waals surface area contributed by atoms with Crippen molar-refractivity contribution in [1.82, 2.24) is 0 Å². The summed E-state index contributed by atoms with van der Waals surface area (Å²) in [5.41, 5.74) is -0.266. The fourth-order valence-corrected chi connectivity index (χ4v) is 10.8. The molecule has 0 aliphatic carbocycles. The first kappa shape index (κ1) is 19.0. The molecule has 5 heteroatoms. The second kappa shape index (κ2) is 7.88. The third-order valence-electron chi connectivity index (χ3n) is 4.59. The molecule has 0 bridgehead atoms. The summed E-state index contributed by atoms with van der Waals surface area (Å²) in [6.45, 7) is 7.55. The van der Waals surface area contributed by atoms with Crippen LogP contribution >= 0.6 is 23.5 Å². The molecule has 1 N–H and O–H groups in total. The number of benzene rings is 2. The molecular weight excluding hydrogens is 364 g/mol. The fraction of sp³-hybridized carbons (Fsp3) is 0.400. The Morgan fingerprint density at radius 2 is 1.52 bits per heavy atom. The zero-order chi connectivity index (χ0) is 17.9. The van der Waals surface area contributed by atoms with Crippen LogP contribution in [0.1, 0.15) is 20.8 Å². The lowest BCUT2D eigenvalue weighted by Crippen LogP contribution is -2.66. The van der Waals surface area contributed by atoms with Crippen LogP contribution in [-0.2, 0) is 4.43 Å². The van der Waals surface area contributed by atoms with E-state index in [1.54, 1.807) is 23.5 Å². The first-order valence-corrected chi connectivity index (χ1v) is 12.5. The van der Waals surface area contributed by atoms with Crippen molar-refractivity contribution in [3.8, 4) is 0 Å². The molecule has 1 aliphatic rings. The molecule has 1 aliphatic heterocycles. The summed E-state index contributed by atoms with van der Waals surface area (Å²) < 4.78 is 7.19. The fourth-order valence-electron chi connectivity index (χ4n) is 3.49. The number of hydrogen-bond donors (Lipinski definition) is 1. The van der Waals surface area contributed by atoms with Crippen LogP contribution in [0.5, 0.6) is 0 Å². The van der Waals surface area contributed by atoms with Crippen molar-refractivity contribution in [2.45, 2.75) is 35.8 Å². The van der Waals surface area contributed by atoms with Crippen LogP contribution in [0, 0.1) is 0 Å². The van der Waals surface area contributed by atoms with Crippen molar-refractivity contribution in [3.63, 3.8) is 0 Å². The Morgan fingerprint density at radius 3 is 1.92 bits per heavy atom. The number of hydrogen-bond acceptors (Lipinski definition) is 4. The van der Waals surface area contributed by atoms with E-state index in [0.29, 0.717) is 11.2 Å². The summed E-state index contributed by atoms with van der Waals surface area (Å²) in [6, 6.07) is 21.4. The van der Waals surface area contributed by atoms with E-state index in [1.807, 2.05) is 0 Å². The largest absolute Gasteiger partial charge is 0.405 e. The predicted octanol–water partition coefficient (Wildman–Crippen LogP) is 3.69.